The van der Waals surface area contributed by atoms with Crippen molar-refractivity contribution in [3.8, 4) is 11.5 Å². The van der Waals surface area contributed by atoms with Crippen LogP contribution >= 0.6 is 0 Å². The van der Waals surface area contributed by atoms with Gasteiger partial charge in [0, 0.05) is 12.0 Å². The number of fused-ring (bicyclic) bond motifs is 1. The average Bonchev–Trinajstić information content (AvgIpc) is 2.17. The molecule has 1 heterocycles. The number of aliphatic carboxylic acids is 1. The molecule has 2 unspecified atom stereocenters. The molecular formula is C11H12O4. The fourth-order valence-electron chi connectivity index (χ4n) is 1.85. The zero-order valence-corrected chi connectivity index (χ0v) is 8.30. The van der Waals surface area contributed by atoms with Crippen LogP contribution in [0.4, 0.5) is 0 Å². The molecule has 4 nitrogen and oxygen atoms in total. The summed E-state index contributed by atoms with van der Waals surface area (Å²) in [7, 11) is 0. The standard InChI is InChI=1S/C11H12O4/c1-6-8-3-2-7(12)4-10(8)15-5-9(6)11(13)14/h2-4,6,9,12H,5H2,1H3,(H,13,14). The molecule has 0 spiro atoms. The molecule has 0 saturated carbocycles. The lowest BCUT2D eigenvalue weighted by Gasteiger charge is -2.28. The van der Waals surface area contributed by atoms with Gasteiger partial charge in [-0.1, -0.05) is 13.0 Å². The predicted octanol–water partition coefficient (Wildman–Crippen LogP) is 1.59. The highest BCUT2D eigenvalue weighted by Gasteiger charge is 2.32. The van der Waals surface area contributed by atoms with E-state index in [9.17, 15) is 9.90 Å². The zero-order chi connectivity index (χ0) is 11.0. The van der Waals surface area contributed by atoms with Crippen molar-refractivity contribution in [3.05, 3.63) is 23.8 Å². The topological polar surface area (TPSA) is 66.8 Å². The number of benzene rings is 1. The van der Waals surface area contributed by atoms with Gasteiger partial charge in [-0.25, -0.2) is 0 Å². The van der Waals surface area contributed by atoms with Gasteiger partial charge in [-0.3, -0.25) is 4.79 Å². The number of phenolic OH excluding ortho intramolecular Hbond substituents is 1. The zero-order valence-electron chi connectivity index (χ0n) is 8.30. The van der Waals surface area contributed by atoms with Gasteiger partial charge in [-0.05, 0) is 11.6 Å². The molecule has 1 aromatic rings. The minimum Gasteiger partial charge on any atom is -0.508 e. The first-order valence-electron chi connectivity index (χ1n) is 4.78. The molecule has 1 aliphatic heterocycles. The maximum atomic E-state index is 10.9. The van der Waals surface area contributed by atoms with E-state index < -0.39 is 11.9 Å². The van der Waals surface area contributed by atoms with Crippen LogP contribution in [0.1, 0.15) is 18.4 Å². The number of carboxylic acids is 1. The molecular weight excluding hydrogens is 196 g/mol. The molecule has 0 fully saturated rings. The van der Waals surface area contributed by atoms with Gasteiger partial charge in [0.25, 0.3) is 0 Å². The second-order valence-corrected chi connectivity index (χ2v) is 3.77. The van der Waals surface area contributed by atoms with Crippen molar-refractivity contribution in [1.82, 2.24) is 0 Å². The van der Waals surface area contributed by atoms with Gasteiger partial charge in [0.1, 0.15) is 18.1 Å². The SMILES string of the molecule is CC1c2ccc(O)cc2OCC1C(=O)O. The van der Waals surface area contributed by atoms with Gasteiger partial charge in [0.05, 0.1) is 5.92 Å². The van der Waals surface area contributed by atoms with Crippen LogP contribution in [0, 0.1) is 5.92 Å². The first-order valence-corrected chi connectivity index (χ1v) is 4.78. The molecule has 2 atom stereocenters. The second-order valence-electron chi connectivity index (χ2n) is 3.77. The lowest BCUT2D eigenvalue weighted by Crippen LogP contribution is -2.30. The van der Waals surface area contributed by atoms with E-state index in [0.717, 1.165) is 5.56 Å². The Labute approximate surface area is 87.1 Å². The summed E-state index contributed by atoms with van der Waals surface area (Å²) in [5.41, 5.74) is 0.839. The van der Waals surface area contributed by atoms with E-state index in [1.165, 1.54) is 6.07 Å². The average molecular weight is 208 g/mol. The normalized spacial score (nSPS) is 24.1. The number of aromatic hydroxyl groups is 1. The highest BCUT2D eigenvalue weighted by molar-refractivity contribution is 5.72. The van der Waals surface area contributed by atoms with Gasteiger partial charge in [-0.2, -0.15) is 0 Å². The lowest BCUT2D eigenvalue weighted by atomic mass is 9.85. The third kappa shape index (κ3) is 1.63. The van der Waals surface area contributed by atoms with Crippen molar-refractivity contribution < 1.29 is 19.7 Å². The second kappa shape index (κ2) is 3.46. The summed E-state index contributed by atoms with van der Waals surface area (Å²) in [6, 6.07) is 4.78. The van der Waals surface area contributed by atoms with E-state index >= 15 is 0 Å². The number of carbonyl (C=O) groups is 1. The van der Waals surface area contributed by atoms with Gasteiger partial charge in [-0.15, -0.1) is 0 Å². The molecule has 0 saturated heterocycles. The van der Waals surface area contributed by atoms with E-state index in [0.29, 0.717) is 5.75 Å². The Morgan fingerprint density at radius 3 is 2.93 bits per heavy atom. The molecule has 4 heteroatoms. The number of hydrogen-bond acceptors (Lipinski definition) is 3. The molecule has 0 aliphatic carbocycles. The third-order valence-corrected chi connectivity index (χ3v) is 2.83. The van der Waals surface area contributed by atoms with E-state index in [1.54, 1.807) is 12.1 Å². The highest BCUT2D eigenvalue weighted by Crippen LogP contribution is 2.38. The Morgan fingerprint density at radius 1 is 1.53 bits per heavy atom. The minimum atomic E-state index is -0.846. The van der Waals surface area contributed by atoms with Crippen molar-refractivity contribution in [2.24, 2.45) is 5.92 Å². The number of hydrogen-bond donors (Lipinski definition) is 2. The summed E-state index contributed by atoms with van der Waals surface area (Å²) in [6.07, 6.45) is 0. The van der Waals surface area contributed by atoms with Crippen LogP contribution in [0.25, 0.3) is 0 Å². The van der Waals surface area contributed by atoms with Crippen LogP contribution in [0.3, 0.4) is 0 Å². The molecule has 15 heavy (non-hydrogen) atoms. The molecule has 80 valence electrons. The van der Waals surface area contributed by atoms with Crippen LogP contribution in [0.15, 0.2) is 18.2 Å². The van der Waals surface area contributed by atoms with E-state index in [4.69, 9.17) is 9.84 Å². The molecule has 0 amide bonds. The molecule has 1 aromatic carbocycles. The lowest BCUT2D eigenvalue weighted by molar-refractivity contribution is -0.144. The van der Waals surface area contributed by atoms with E-state index in [2.05, 4.69) is 0 Å². The van der Waals surface area contributed by atoms with Crippen molar-refractivity contribution in [1.29, 1.82) is 0 Å². The first-order chi connectivity index (χ1) is 7.09. The van der Waals surface area contributed by atoms with Crippen molar-refractivity contribution in [3.63, 3.8) is 0 Å². The Hall–Kier alpha value is -1.71. The Balaban J connectivity index is 2.38. The molecule has 2 rings (SSSR count). The molecule has 2 N–H and O–H groups in total. The van der Waals surface area contributed by atoms with Gasteiger partial charge < -0.3 is 14.9 Å². The first kappa shape index (κ1) is 9.83. The van der Waals surface area contributed by atoms with Gasteiger partial charge in [0.2, 0.25) is 0 Å². The summed E-state index contributed by atoms with van der Waals surface area (Å²) >= 11 is 0. The summed E-state index contributed by atoms with van der Waals surface area (Å²) < 4.78 is 5.31. The van der Waals surface area contributed by atoms with E-state index in [-0.39, 0.29) is 18.3 Å². The van der Waals surface area contributed by atoms with Crippen LogP contribution in [0.2, 0.25) is 0 Å². The van der Waals surface area contributed by atoms with Gasteiger partial charge >= 0.3 is 5.97 Å². The van der Waals surface area contributed by atoms with Crippen molar-refractivity contribution in [2.45, 2.75) is 12.8 Å². The van der Waals surface area contributed by atoms with Crippen LogP contribution < -0.4 is 4.74 Å². The van der Waals surface area contributed by atoms with E-state index in [1.807, 2.05) is 6.92 Å². The van der Waals surface area contributed by atoms with Gasteiger partial charge in [0.15, 0.2) is 0 Å². The van der Waals surface area contributed by atoms with Crippen LogP contribution in [0.5, 0.6) is 11.5 Å². The van der Waals surface area contributed by atoms with Crippen LogP contribution in [-0.2, 0) is 4.79 Å². The van der Waals surface area contributed by atoms with Crippen molar-refractivity contribution >= 4 is 5.97 Å². The summed E-state index contributed by atoms with van der Waals surface area (Å²) in [5.74, 6) is -0.732. The summed E-state index contributed by atoms with van der Waals surface area (Å²) in [5, 5.41) is 18.2. The minimum absolute atomic E-state index is 0.0909. The maximum absolute atomic E-state index is 10.9. The van der Waals surface area contributed by atoms with Crippen molar-refractivity contribution in [2.75, 3.05) is 6.61 Å². The molecule has 0 aromatic heterocycles. The Morgan fingerprint density at radius 2 is 2.27 bits per heavy atom. The number of phenols is 1. The maximum Gasteiger partial charge on any atom is 0.310 e. The quantitative estimate of drug-likeness (QED) is 0.735. The molecule has 0 radical (unpaired) electrons. The molecule has 0 bridgehead atoms. The molecule has 1 aliphatic rings. The smallest absolute Gasteiger partial charge is 0.310 e. The predicted molar refractivity (Wildman–Crippen MR) is 53.1 cm³/mol. The largest absolute Gasteiger partial charge is 0.508 e. The summed E-state index contributed by atoms with van der Waals surface area (Å²) in [6.45, 7) is 2.02. The fraction of sp³-hybridized carbons (Fsp3) is 0.364. The number of rotatable bonds is 1. The number of ether oxygens (including phenoxy) is 1. The van der Waals surface area contributed by atoms with Crippen LogP contribution in [-0.4, -0.2) is 22.8 Å². The summed E-state index contributed by atoms with van der Waals surface area (Å²) in [4.78, 5) is 10.9. The highest BCUT2D eigenvalue weighted by atomic mass is 16.5. The number of carboxylic acid groups (broad SMARTS) is 1. The Kier molecular flexibility index (Phi) is 2.26. The fourth-order valence-corrected chi connectivity index (χ4v) is 1.85. The monoisotopic (exact) mass is 208 g/mol. The third-order valence-electron chi connectivity index (χ3n) is 2.83. The Bertz CT molecular complexity index is 400.